The lowest BCUT2D eigenvalue weighted by molar-refractivity contribution is -0.303. The van der Waals surface area contributed by atoms with Gasteiger partial charge in [0.25, 0.3) is 0 Å². The van der Waals surface area contributed by atoms with Crippen LogP contribution in [-0.4, -0.2) is 110 Å². The zero-order valence-electron chi connectivity index (χ0n) is 53.6. The highest BCUT2D eigenvalue weighted by molar-refractivity contribution is 8.00. The lowest BCUT2D eigenvalue weighted by Crippen LogP contribution is -2.46. The summed E-state index contributed by atoms with van der Waals surface area (Å²) in [6.07, 6.45) is 5.74. The van der Waals surface area contributed by atoms with Crippen LogP contribution < -0.4 is 10.6 Å². The molecule has 0 spiro atoms. The van der Waals surface area contributed by atoms with Crippen LogP contribution in [0.25, 0.3) is 0 Å². The van der Waals surface area contributed by atoms with Crippen molar-refractivity contribution in [1.29, 1.82) is 0 Å². The summed E-state index contributed by atoms with van der Waals surface area (Å²) in [4.78, 5) is 115. The molecule has 0 aromatic heterocycles. The predicted molar refractivity (Wildman–Crippen MR) is 352 cm³/mol. The fourth-order valence-electron chi connectivity index (χ4n) is 10.7. The van der Waals surface area contributed by atoms with Crippen LogP contribution in [0.2, 0.25) is 0 Å². The van der Waals surface area contributed by atoms with Crippen molar-refractivity contribution < 1.29 is 62.3 Å². The van der Waals surface area contributed by atoms with Crippen LogP contribution in [0.15, 0.2) is 152 Å². The highest BCUT2D eigenvalue weighted by Crippen LogP contribution is 2.48. The fourth-order valence-corrected chi connectivity index (χ4v) is 12.1. The number of nitrogens with one attached hydrogen (secondary N) is 2. The maximum absolute atomic E-state index is 14.2. The Labute approximate surface area is 538 Å². The summed E-state index contributed by atoms with van der Waals surface area (Å²) < 4.78 is 16.9. The first-order valence-electron chi connectivity index (χ1n) is 32.1. The Hall–Kier alpha value is -6.95. The third kappa shape index (κ3) is 28.5. The summed E-state index contributed by atoms with van der Waals surface area (Å²) in [5, 5.41) is 5.96. The molecule has 0 heterocycles. The van der Waals surface area contributed by atoms with Crippen molar-refractivity contribution in [3.05, 3.63) is 179 Å². The number of amides is 2. The first-order valence-corrected chi connectivity index (χ1v) is 33.1. The molecule has 0 radical (unpaired) electrons. The van der Waals surface area contributed by atoms with Gasteiger partial charge in [0, 0.05) is 75.7 Å². The van der Waals surface area contributed by atoms with Gasteiger partial charge >= 0.3 is 5.97 Å². The number of ketones is 5. The summed E-state index contributed by atoms with van der Waals surface area (Å²) in [5.74, 6) is -3.27. The minimum atomic E-state index is -0.855. The Morgan fingerprint density at radius 3 is 1.51 bits per heavy atom. The van der Waals surface area contributed by atoms with Gasteiger partial charge in [0.15, 0.2) is 5.78 Å². The topological polar surface area (TPSA) is 207 Å². The molecule has 0 saturated carbocycles. The van der Waals surface area contributed by atoms with Gasteiger partial charge in [-0.25, -0.2) is 9.78 Å². The van der Waals surface area contributed by atoms with Gasteiger partial charge in [0.1, 0.15) is 41.9 Å². The molecule has 0 fully saturated rings. The number of thioether (sulfide) groups is 1. The molecule has 0 aliphatic carbocycles. The van der Waals surface area contributed by atoms with Crippen molar-refractivity contribution in [3.8, 4) is 0 Å². The van der Waals surface area contributed by atoms with Crippen molar-refractivity contribution >= 4 is 58.5 Å². The van der Waals surface area contributed by atoms with E-state index in [1.54, 1.807) is 20.8 Å². The normalized spacial score (nSPS) is 12.9. The molecule has 90 heavy (non-hydrogen) atoms. The molecule has 0 saturated heterocycles. The number of hydrogen-bond donors (Lipinski definition) is 2. The third-order valence-electron chi connectivity index (χ3n) is 15.4. The lowest BCUT2D eigenvalue weighted by atomic mass is 9.84. The minimum Gasteiger partial charge on any atom is -0.460 e. The van der Waals surface area contributed by atoms with Gasteiger partial charge in [0.2, 0.25) is 11.8 Å². The number of rotatable bonds is 47. The van der Waals surface area contributed by atoms with Crippen LogP contribution >= 0.6 is 11.8 Å². The quantitative estimate of drug-likeness (QED) is 0.0122. The van der Waals surface area contributed by atoms with Gasteiger partial charge in [-0.15, -0.1) is 11.8 Å². The first kappa shape index (κ1) is 73.8. The van der Waals surface area contributed by atoms with Crippen LogP contribution in [0.5, 0.6) is 0 Å². The van der Waals surface area contributed by atoms with E-state index >= 15 is 0 Å². The third-order valence-corrected chi connectivity index (χ3v) is 17.0. The summed E-state index contributed by atoms with van der Waals surface area (Å²) in [5.41, 5.74) is 4.62. The number of esters is 1. The molecule has 0 aliphatic rings. The molecule has 0 bridgehead atoms. The number of hydrogen-bond acceptors (Lipinski definition) is 14. The second kappa shape index (κ2) is 41.4. The maximum atomic E-state index is 14.2. The van der Waals surface area contributed by atoms with Gasteiger partial charge in [-0.1, -0.05) is 171 Å². The van der Waals surface area contributed by atoms with Crippen LogP contribution in [0.4, 0.5) is 0 Å². The second-order valence-electron chi connectivity index (χ2n) is 24.1. The Morgan fingerprint density at radius 2 is 0.967 bits per heavy atom. The summed E-state index contributed by atoms with van der Waals surface area (Å²) in [6.45, 7) is 10.3. The van der Waals surface area contributed by atoms with Gasteiger partial charge in [0.05, 0.1) is 36.5 Å². The van der Waals surface area contributed by atoms with E-state index in [0.29, 0.717) is 64.9 Å². The molecule has 16 heteroatoms. The van der Waals surface area contributed by atoms with Crippen LogP contribution in [0, 0.1) is 17.8 Å². The van der Waals surface area contributed by atoms with Crippen LogP contribution in [0.3, 0.4) is 0 Å². The predicted octanol–water partition coefficient (Wildman–Crippen LogP) is 12.7. The number of benzene rings is 5. The van der Waals surface area contributed by atoms with E-state index in [-0.39, 0.29) is 112 Å². The van der Waals surface area contributed by atoms with Crippen molar-refractivity contribution in [3.63, 3.8) is 0 Å². The summed E-state index contributed by atoms with van der Waals surface area (Å²) in [6, 6.07) is 50.0. The van der Waals surface area contributed by atoms with E-state index in [1.165, 1.54) is 30.5 Å². The first-order chi connectivity index (χ1) is 43.4. The van der Waals surface area contributed by atoms with Gasteiger partial charge < -0.3 is 29.6 Å². The van der Waals surface area contributed by atoms with Crippen molar-refractivity contribution in [1.82, 2.24) is 10.6 Å². The number of unbranched alkanes of at least 4 members (excludes halogenated alkanes) is 4. The zero-order valence-corrected chi connectivity index (χ0v) is 54.5. The smallest absolute Gasteiger partial charge is 0.309 e. The molecule has 5 aromatic rings. The number of carbonyl (C=O) groups is 8. The average molecular weight is 1250 g/mol. The molecule has 4 atom stereocenters. The van der Waals surface area contributed by atoms with E-state index in [9.17, 15) is 38.4 Å². The molecule has 2 N–H and O–H groups in total. The van der Waals surface area contributed by atoms with Crippen LogP contribution in [-0.2, 0) is 79.9 Å². The molecule has 0 unspecified atom stereocenters. The summed E-state index contributed by atoms with van der Waals surface area (Å²) in [7, 11) is 0. The fraction of sp³-hybridized carbons (Fsp3) is 0.486. The molecule has 486 valence electrons. The van der Waals surface area contributed by atoms with E-state index < -0.39 is 40.1 Å². The standard InChI is InChI=1S/C74H96N2O13S/c1-56(77)39-40-60(57(2)78)53-67(80)54-61(72(84)89-73(3,4)5)41-42-70(82)75-43-25-8-6-7-24-37-66(79)55-62(51-58-27-14-9-15-28-58)71(83)76-68(52-59-29-16-10-17-30-59)69(81)38-26-44-85-45-47-87-88-48-46-86-49-50-90-74(63-31-18-11-19-32-63,64-33-20-12-21-34-64)65-35-22-13-23-36-65/h9-23,27-36,60-62,68H,6-8,24-26,37-55H2,1-5H3,(H,75,82)(H,76,83)/t60-,61-,62-,68+/m1/s1. The molecular formula is C74H96N2O13S. The maximum Gasteiger partial charge on any atom is 0.309 e. The van der Waals surface area contributed by atoms with Crippen molar-refractivity contribution in [2.75, 3.05) is 51.9 Å². The highest BCUT2D eigenvalue weighted by Gasteiger charge is 2.37. The van der Waals surface area contributed by atoms with Crippen molar-refractivity contribution in [2.24, 2.45) is 17.8 Å². The molecule has 0 aliphatic heterocycles. The average Bonchev–Trinajstić information content (AvgIpc) is 0.782. The van der Waals surface area contributed by atoms with Crippen molar-refractivity contribution in [2.45, 2.75) is 160 Å². The van der Waals surface area contributed by atoms with E-state index in [1.807, 2.05) is 90.6 Å². The molecular weight excluding hydrogens is 1160 g/mol. The summed E-state index contributed by atoms with van der Waals surface area (Å²) >= 11 is 1.84. The largest absolute Gasteiger partial charge is 0.460 e. The molecule has 2 amide bonds. The van der Waals surface area contributed by atoms with Gasteiger partial charge in [-0.2, -0.15) is 0 Å². The minimum absolute atomic E-state index is 0.0143. The Balaban J connectivity index is 0.989. The highest BCUT2D eigenvalue weighted by atomic mass is 32.2. The number of Topliss-reactive ketones (excluding diaryl/α,β-unsaturated/α-hetero) is 5. The van der Waals surface area contributed by atoms with Gasteiger partial charge in [-0.05, 0) is 107 Å². The Bertz CT molecular complexity index is 2830. The van der Waals surface area contributed by atoms with E-state index in [0.717, 1.165) is 36.1 Å². The zero-order chi connectivity index (χ0) is 64.8. The van der Waals surface area contributed by atoms with E-state index in [2.05, 4.69) is 83.4 Å². The number of ether oxygens (including phenoxy) is 3. The molecule has 15 nitrogen and oxygen atoms in total. The van der Waals surface area contributed by atoms with Gasteiger partial charge in [-0.3, -0.25) is 33.6 Å². The Morgan fingerprint density at radius 1 is 0.478 bits per heavy atom. The second-order valence-corrected chi connectivity index (χ2v) is 25.4. The SMILES string of the molecule is CC(=O)CC[C@H](CC(=O)C[C@@H](CCC(=O)NCCCCCCCC(=O)C[C@@H](Cc1ccccc1)C(=O)N[C@@H](Cc1ccccc1)C(=O)CCCOCCOOCCOCCSC(c1ccccc1)(c1ccccc1)c1ccccc1)C(=O)OC(C)(C)C)C(C)=O. The van der Waals surface area contributed by atoms with E-state index in [4.69, 9.17) is 24.0 Å². The number of carbonyl (C=O) groups excluding carboxylic acids is 8. The van der Waals surface area contributed by atoms with Crippen LogP contribution in [0.1, 0.15) is 159 Å². The molecule has 5 rings (SSSR count). The monoisotopic (exact) mass is 1250 g/mol. The lowest BCUT2D eigenvalue weighted by Gasteiger charge is -2.35. The Kier molecular flexibility index (Phi) is 34.0. The molecule has 5 aromatic carbocycles.